The van der Waals surface area contributed by atoms with Crippen molar-refractivity contribution < 1.29 is 38.2 Å². The van der Waals surface area contributed by atoms with Crippen LogP contribution in [-0.4, -0.2) is 75.5 Å². The number of likely N-dealkylation sites (N-methyl/N-ethyl adjacent to an activating group) is 1. The number of carboxylic acid groups (broad SMARTS) is 1. The Bertz CT molecular complexity index is 906. The lowest BCUT2D eigenvalue weighted by atomic mass is 10.1. The number of unbranched alkanes of at least 4 members (excludes halogenated alkanes) is 14. The van der Waals surface area contributed by atoms with Crippen LogP contribution in [0, 0.1) is 0 Å². The van der Waals surface area contributed by atoms with Crippen molar-refractivity contribution in [1.29, 1.82) is 0 Å². The van der Waals surface area contributed by atoms with Crippen LogP contribution in [0.3, 0.4) is 0 Å². The number of hydrogen-bond acceptors (Lipinski definition) is 7. The quantitative estimate of drug-likeness (QED) is 0.0288. The third kappa shape index (κ3) is 31.3. The van der Waals surface area contributed by atoms with E-state index in [0.717, 1.165) is 77.0 Å². The molecule has 0 radical (unpaired) electrons. The van der Waals surface area contributed by atoms with Gasteiger partial charge in [-0.3, -0.25) is 9.59 Å². The van der Waals surface area contributed by atoms with Crippen LogP contribution in [0.25, 0.3) is 0 Å². The number of carboxylic acids is 1. The third-order valence-corrected chi connectivity index (χ3v) is 8.50. The minimum atomic E-state index is -1.13. The summed E-state index contributed by atoms with van der Waals surface area (Å²) in [5, 5.41) is 11.6. The molecule has 8 nitrogen and oxygen atoms in total. The molecule has 0 aliphatic heterocycles. The van der Waals surface area contributed by atoms with Gasteiger partial charge in [-0.05, 0) is 57.8 Å². The Morgan fingerprint density at radius 2 is 1.08 bits per heavy atom. The first-order chi connectivity index (χ1) is 23.6. The zero-order valence-electron chi connectivity index (χ0n) is 32.1. The molecule has 0 fully saturated rings. The van der Waals surface area contributed by atoms with E-state index in [2.05, 4.69) is 50.3 Å². The maximum absolute atomic E-state index is 12.6. The van der Waals surface area contributed by atoms with E-state index in [4.69, 9.17) is 14.2 Å². The zero-order chi connectivity index (χ0) is 36.4. The summed E-state index contributed by atoms with van der Waals surface area (Å²) in [6.07, 6.45) is 34.5. The number of hydrogen-bond donors (Lipinski definition) is 0. The number of rotatable bonds is 34. The van der Waals surface area contributed by atoms with Gasteiger partial charge in [0, 0.05) is 19.3 Å². The summed E-state index contributed by atoms with van der Waals surface area (Å²) in [5.74, 6) is -1.77. The molecule has 2 unspecified atom stereocenters. The van der Waals surface area contributed by atoms with Crippen molar-refractivity contribution in [2.45, 2.75) is 167 Å². The van der Waals surface area contributed by atoms with Crippen molar-refractivity contribution in [3.05, 3.63) is 36.5 Å². The first kappa shape index (κ1) is 46.5. The number of ether oxygens (including phenoxy) is 3. The van der Waals surface area contributed by atoms with Crippen LogP contribution >= 0.6 is 0 Å². The lowest BCUT2D eigenvalue weighted by Crippen LogP contribution is -2.55. The Balaban J connectivity index is 4.45. The monoisotopic (exact) mass is 692 g/mol. The van der Waals surface area contributed by atoms with Crippen LogP contribution < -0.4 is 5.11 Å². The lowest BCUT2D eigenvalue weighted by molar-refractivity contribution is -0.889. The van der Waals surface area contributed by atoms with Crippen LogP contribution in [0.5, 0.6) is 0 Å². The van der Waals surface area contributed by atoms with Crippen LogP contribution in [0.2, 0.25) is 0 Å². The summed E-state index contributed by atoms with van der Waals surface area (Å²) in [4.78, 5) is 36.6. The third-order valence-electron chi connectivity index (χ3n) is 8.50. The average molecular weight is 692 g/mol. The minimum Gasteiger partial charge on any atom is -0.544 e. The van der Waals surface area contributed by atoms with Gasteiger partial charge in [0.05, 0.1) is 40.3 Å². The molecule has 0 aromatic carbocycles. The summed E-state index contributed by atoms with van der Waals surface area (Å²) in [7, 11) is 5.39. The topological polar surface area (TPSA) is 102 Å². The molecule has 284 valence electrons. The second kappa shape index (κ2) is 32.7. The molecule has 0 bridgehead atoms. The molecule has 8 heteroatoms. The molecule has 0 aliphatic rings. The van der Waals surface area contributed by atoms with Crippen molar-refractivity contribution in [1.82, 2.24) is 0 Å². The lowest BCUT2D eigenvalue weighted by Gasteiger charge is -2.34. The first-order valence-electron chi connectivity index (χ1n) is 19.5. The summed E-state index contributed by atoms with van der Waals surface area (Å²) in [6.45, 7) is 4.54. The molecular formula is C41H73NO7. The van der Waals surface area contributed by atoms with Crippen LogP contribution in [0.4, 0.5) is 0 Å². The molecule has 0 N–H and O–H groups in total. The van der Waals surface area contributed by atoms with E-state index in [-0.39, 0.29) is 42.7 Å². The van der Waals surface area contributed by atoms with Gasteiger partial charge in [-0.1, -0.05) is 115 Å². The van der Waals surface area contributed by atoms with Crippen molar-refractivity contribution in [2.24, 2.45) is 0 Å². The standard InChI is InChI=1S/C41H73NO7/c1-6-8-10-12-14-16-18-19-20-22-24-26-28-30-32-40(44)49-37(35-47-34-33-38(41(45)46)42(3,4)5)36-48-39(43)31-29-27-25-23-21-17-15-13-11-9-7-2/h12-15,18-19,37-38H,6-11,16-17,20-36H2,1-5H3/b14-12-,15-13-,19-18-. The maximum Gasteiger partial charge on any atom is 0.306 e. The number of carbonyl (C=O) groups is 3. The fourth-order valence-electron chi connectivity index (χ4n) is 5.36. The van der Waals surface area contributed by atoms with Gasteiger partial charge < -0.3 is 28.6 Å². The molecule has 0 heterocycles. The van der Waals surface area contributed by atoms with Crippen LogP contribution in [0.1, 0.15) is 155 Å². The zero-order valence-corrected chi connectivity index (χ0v) is 32.1. The Hall–Kier alpha value is -2.45. The highest BCUT2D eigenvalue weighted by molar-refractivity contribution is 5.70. The summed E-state index contributed by atoms with van der Waals surface area (Å²) < 4.78 is 17.1. The number of nitrogens with zero attached hydrogens (tertiary/aromatic N) is 1. The summed E-state index contributed by atoms with van der Waals surface area (Å²) in [6, 6.07) is -0.727. The van der Waals surface area contributed by atoms with E-state index in [1.54, 1.807) is 21.1 Å². The molecule has 0 aromatic heterocycles. The van der Waals surface area contributed by atoms with Gasteiger partial charge in [-0.15, -0.1) is 0 Å². The van der Waals surface area contributed by atoms with Crippen molar-refractivity contribution in [3.63, 3.8) is 0 Å². The first-order valence-corrected chi connectivity index (χ1v) is 19.5. The molecule has 0 aliphatic carbocycles. The SMILES string of the molecule is CCCC/C=C\C/C=C\CCCCCCCC(=O)OC(COCCC(C(=O)[O-])[N+](C)(C)C)COC(=O)CCCCCCC/C=C\CCCC. The predicted octanol–water partition coefficient (Wildman–Crippen LogP) is 8.57. The minimum absolute atomic E-state index is 0.0326. The van der Waals surface area contributed by atoms with Gasteiger partial charge in [0.15, 0.2) is 6.10 Å². The van der Waals surface area contributed by atoms with E-state index in [9.17, 15) is 19.5 Å². The molecule has 0 saturated heterocycles. The second-order valence-corrected chi connectivity index (χ2v) is 14.2. The Morgan fingerprint density at radius 3 is 1.59 bits per heavy atom. The fraction of sp³-hybridized carbons (Fsp3) is 0.780. The highest BCUT2D eigenvalue weighted by Crippen LogP contribution is 2.12. The fourth-order valence-corrected chi connectivity index (χ4v) is 5.36. The van der Waals surface area contributed by atoms with Gasteiger partial charge in [0.2, 0.25) is 0 Å². The number of esters is 2. The average Bonchev–Trinajstić information content (AvgIpc) is 3.05. The highest BCUT2D eigenvalue weighted by Gasteiger charge is 2.25. The van der Waals surface area contributed by atoms with Crippen LogP contribution in [-0.2, 0) is 28.6 Å². The van der Waals surface area contributed by atoms with E-state index < -0.39 is 18.1 Å². The molecule has 49 heavy (non-hydrogen) atoms. The maximum atomic E-state index is 12.6. The summed E-state index contributed by atoms with van der Waals surface area (Å²) >= 11 is 0. The van der Waals surface area contributed by atoms with E-state index in [1.165, 1.54) is 44.9 Å². The normalized spacial score (nSPS) is 13.4. The Labute approximate surface area is 300 Å². The van der Waals surface area contributed by atoms with E-state index in [0.29, 0.717) is 12.8 Å². The molecule has 0 spiro atoms. The Kier molecular flexibility index (Phi) is 31.1. The molecule has 2 atom stereocenters. The van der Waals surface area contributed by atoms with Gasteiger partial charge in [0.1, 0.15) is 12.6 Å². The van der Waals surface area contributed by atoms with E-state index in [1.807, 2.05) is 0 Å². The van der Waals surface area contributed by atoms with Gasteiger partial charge in [0.25, 0.3) is 0 Å². The molecule has 0 saturated carbocycles. The van der Waals surface area contributed by atoms with Gasteiger partial charge in [-0.2, -0.15) is 0 Å². The largest absolute Gasteiger partial charge is 0.544 e. The van der Waals surface area contributed by atoms with Crippen molar-refractivity contribution in [3.8, 4) is 0 Å². The number of allylic oxidation sites excluding steroid dienone is 6. The van der Waals surface area contributed by atoms with Gasteiger partial charge >= 0.3 is 11.9 Å². The highest BCUT2D eigenvalue weighted by atomic mass is 16.6. The smallest absolute Gasteiger partial charge is 0.306 e. The molecule has 0 amide bonds. The second-order valence-electron chi connectivity index (χ2n) is 14.2. The van der Waals surface area contributed by atoms with Gasteiger partial charge in [-0.25, -0.2) is 0 Å². The van der Waals surface area contributed by atoms with Crippen molar-refractivity contribution >= 4 is 17.9 Å². The molecular weight excluding hydrogens is 618 g/mol. The number of carbonyl (C=O) groups excluding carboxylic acids is 3. The Morgan fingerprint density at radius 1 is 0.612 bits per heavy atom. The summed E-state index contributed by atoms with van der Waals surface area (Å²) in [5.41, 5.74) is 0. The van der Waals surface area contributed by atoms with Crippen LogP contribution in [0.15, 0.2) is 36.5 Å². The molecule has 0 aromatic rings. The predicted molar refractivity (Wildman–Crippen MR) is 199 cm³/mol. The van der Waals surface area contributed by atoms with Crippen molar-refractivity contribution in [2.75, 3.05) is 41.0 Å². The number of aliphatic carboxylic acids is 1. The number of quaternary nitrogens is 1. The molecule has 0 rings (SSSR count). The van der Waals surface area contributed by atoms with E-state index >= 15 is 0 Å².